The molecule has 0 aliphatic rings. The number of aryl methyl sites for hydroxylation is 2. The van der Waals surface area contributed by atoms with Crippen LogP contribution >= 0.6 is 0 Å². The summed E-state index contributed by atoms with van der Waals surface area (Å²) in [5, 5.41) is 13.2. The van der Waals surface area contributed by atoms with Crippen molar-refractivity contribution in [2.24, 2.45) is 7.05 Å². The van der Waals surface area contributed by atoms with Crippen molar-refractivity contribution in [1.29, 1.82) is 0 Å². The second-order valence-electron chi connectivity index (χ2n) is 7.63. The average molecular weight is 479 g/mol. The van der Waals surface area contributed by atoms with Crippen LogP contribution < -0.4 is 15.2 Å². The number of anilines is 2. The van der Waals surface area contributed by atoms with Crippen LogP contribution in [0.5, 0.6) is 0 Å². The standard InChI is InChI=1S/C23H22N6O4S/c1-15-7-9-18(10-8-15)34(32,33)29(3)23-19(14-24-28(23)2)22(31)25-17-6-4-5-16(13-17)20-11-12-21(30)27-26-20/h4-14H,1-3H3,(H,25,31)(H,27,30). The third-order valence-electron chi connectivity index (χ3n) is 5.23. The van der Waals surface area contributed by atoms with Gasteiger partial charge in [0.15, 0.2) is 5.82 Å². The maximum atomic E-state index is 13.2. The van der Waals surface area contributed by atoms with Gasteiger partial charge in [0.05, 0.1) is 16.8 Å². The molecule has 4 rings (SSSR count). The first-order chi connectivity index (χ1) is 16.2. The van der Waals surface area contributed by atoms with E-state index >= 15 is 0 Å². The van der Waals surface area contributed by atoms with Crippen molar-refractivity contribution in [2.75, 3.05) is 16.7 Å². The molecule has 2 aromatic heterocycles. The molecular formula is C23H22N6O4S. The number of aromatic amines is 1. The Kier molecular flexibility index (Phi) is 6.03. The molecular weight excluding hydrogens is 456 g/mol. The Balaban J connectivity index is 1.63. The maximum Gasteiger partial charge on any atom is 0.265 e. The van der Waals surface area contributed by atoms with Gasteiger partial charge in [0.25, 0.3) is 21.5 Å². The number of rotatable bonds is 6. The summed E-state index contributed by atoms with van der Waals surface area (Å²) < 4.78 is 28.7. The van der Waals surface area contributed by atoms with E-state index in [-0.39, 0.29) is 21.8 Å². The van der Waals surface area contributed by atoms with E-state index in [0.717, 1.165) is 9.87 Å². The van der Waals surface area contributed by atoms with E-state index < -0.39 is 15.9 Å². The molecule has 0 aliphatic heterocycles. The zero-order chi connectivity index (χ0) is 24.5. The molecule has 0 radical (unpaired) electrons. The molecule has 0 fully saturated rings. The second kappa shape index (κ2) is 8.94. The van der Waals surface area contributed by atoms with Gasteiger partial charge < -0.3 is 5.32 Å². The molecule has 0 saturated heterocycles. The lowest BCUT2D eigenvalue weighted by atomic mass is 10.1. The van der Waals surface area contributed by atoms with Crippen molar-refractivity contribution in [1.82, 2.24) is 20.0 Å². The molecule has 0 atom stereocenters. The van der Waals surface area contributed by atoms with Crippen LogP contribution in [-0.2, 0) is 17.1 Å². The van der Waals surface area contributed by atoms with Gasteiger partial charge in [0, 0.05) is 31.4 Å². The van der Waals surface area contributed by atoms with Crippen LogP contribution in [0.1, 0.15) is 15.9 Å². The van der Waals surface area contributed by atoms with Gasteiger partial charge in [-0.15, -0.1) is 0 Å². The van der Waals surface area contributed by atoms with Gasteiger partial charge in [-0.1, -0.05) is 29.8 Å². The van der Waals surface area contributed by atoms with Crippen LogP contribution in [0.15, 0.2) is 76.6 Å². The van der Waals surface area contributed by atoms with Crippen molar-refractivity contribution in [2.45, 2.75) is 11.8 Å². The minimum atomic E-state index is -3.92. The summed E-state index contributed by atoms with van der Waals surface area (Å²) in [5.74, 6) is -0.405. The smallest absolute Gasteiger partial charge is 0.265 e. The summed E-state index contributed by atoms with van der Waals surface area (Å²) in [6.07, 6.45) is 1.32. The number of aromatic nitrogens is 4. The van der Waals surface area contributed by atoms with E-state index in [1.54, 1.807) is 49.5 Å². The van der Waals surface area contributed by atoms with Crippen LogP contribution in [0.3, 0.4) is 0 Å². The van der Waals surface area contributed by atoms with Crippen molar-refractivity contribution >= 4 is 27.4 Å². The fourth-order valence-corrected chi connectivity index (χ4v) is 4.65. The fraction of sp³-hybridized carbons (Fsp3) is 0.130. The average Bonchev–Trinajstić information content (AvgIpc) is 3.20. The zero-order valence-corrected chi connectivity index (χ0v) is 19.5. The Morgan fingerprint density at radius 1 is 1.09 bits per heavy atom. The topological polar surface area (TPSA) is 130 Å². The highest BCUT2D eigenvalue weighted by atomic mass is 32.2. The third-order valence-corrected chi connectivity index (χ3v) is 6.99. The number of carbonyl (C=O) groups excluding carboxylic acids is 1. The van der Waals surface area contributed by atoms with Gasteiger partial charge in [-0.25, -0.2) is 13.5 Å². The normalized spacial score (nSPS) is 11.3. The number of carbonyl (C=O) groups is 1. The molecule has 1 amide bonds. The van der Waals surface area contributed by atoms with Gasteiger partial charge in [-0.05, 0) is 37.3 Å². The number of benzene rings is 2. The van der Waals surface area contributed by atoms with E-state index in [2.05, 4.69) is 20.6 Å². The molecule has 0 spiro atoms. The first-order valence-electron chi connectivity index (χ1n) is 10.2. The number of amides is 1. The Bertz CT molecular complexity index is 1500. The van der Waals surface area contributed by atoms with Gasteiger partial charge in [0.2, 0.25) is 0 Å². The number of H-pyrrole nitrogens is 1. The minimum absolute atomic E-state index is 0.0910. The summed E-state index contributed by atoms with van der Waals surface area (Å²) in [7, 11) is -0.975. The molecule has 0 saturated carbocycles. The van der Waals surface area contributed by atoms with Crippen LogP contribution in [0, 0.1) is 6.92 Å². The SMILES string of the molecule is Cc1ccc(S(=O)(=O)N(C)c2c(C(=O)Nc3cccc(-c4ccc(=O)[nH]n4)c3)cnn2C)cc1. The van der Waals surface area contributed by atoms with Crippen molar-refractivity contribution in [3.63, 3.8) is 0 Å². The molecule has 2 aromatic carbocycles. The summed E-state index contributed by atoms with van der Waals surface area (Å²) >= 11 is 0. The highest BCUT2D eigenvalue weighted by Crippen LogP contribution is 2.27. The Morgan fingerprint density at radius 2 is 1.82 bits per heavy atom. The monoisotopic (exact) mass is 478 g/mol. The number of nitrogens with zero attached hydrogens (tertiary/aromatic N) is 4. The molecule has 0 bridgehead atoms. The summed E-state index contributed by atoms with van der Waals surface area (Å²) in [5.41, 5.74) is 2.38. The Hall–Kier alpha value is -4.25. The van der Waals surface area contributed by atoms with Crippen LogP contribution in [0.4, 0.5) is 11.5 Å². The molecule has 4 aromatic rings. The first-order valence-corrected chi connectivity index (χ1v) is 11.7. The molecule has 2 N–H and O–H groups in total. The minimum Gasteiger partial charge on any atom is -0.322 e. The second-order valence-corrected chi connectivity index (χ2v) is 9.60. The maximum absolute atomic E-state index is 13.2. The van der Waals surface area contributed by atoms with Crippen molar-refractivity contribution < 1.29 is 13.2 Å². The predicted molar refractivity (Wildman–Crippen MR) is 128 cm³/mol. The van der Waals surface area contributed by atoms with E-state index in [4.69, 9.17) is 0 Å². The van der Waals surface area contributed by atoms with Gasteiger partial charge >= 0.3 is 0 Å². The van der Waals surface area contributed by atoms with Crippen molar-refractivity contribution in [3.05, 3.63) is 88.3 Å². The highest BCUT2D eigenvalue weighted by Gasteiger charge is 2.28. The summed E-state index contributed by atoms with van der Waals surface area (Å²) in [6.45, 7) is 1.87. The fourth-order valence-electron chi connectivity index (χ4n) is 3.41. The van der Waals surface area contributed by atoms with Crippen LogP contribution in [0.25, 0.3) is 11.3 Å². The lowest BCUT2D eigenvalue weighted by molar-refractivity contribution is 0.102. The third kappa shape index (κ3) is 4.46. The first kappa shape index (κ1) is 22.9. The predicted octanol–water partition coefficient (Wildman–Crippen LogP) is 2.56. The Morgan fingerprint density at radius 3 is 2.50 bits per heavy atom. The molecule has 34 heavy (non-hydrogen) atoms. The molecule has 0 unspecified atom stereocenters. The summed E-state index contributed by atoms with van der Waals surface area (Å²) in [6, 6.07) is 16.3. The van der Waals surface area contributed by atoms with Gasteiger partial charge in [-0.2, -0.15) is 10.2 Å². The zero-order valence-electron chi connectivity index (χ0n) is 18.7. The summed E-state index contributed by atoms with van der Waals surface area (Å²) in [4.78, 5) is 24.5. The van der Waals surface area contributed by atoms with Gasteiger partial charge in [0.1, 0.15) is 5.56 Å². The quantitative estimate of drug-likeness (QED) is 0.438. The molecule has 10 nitrogen and oxygen atoms in total. The number of hydrogen-bond donors (Lipinski definition) is 2. The molecule has 11 heteroatoms. The lowest BCUT2D eigenvalue weighted by Gasteiger charge is -2.21. The number of nitrogens with one attached hydrogen (secondary N) is 2. The van der Waals surface area contributed by atoms with E-state index in [0.29, 0.717) is 16.9 Å². The molecule has 2 heterocycles. The lowest BCUT2D eigenvalue weighted by Crippen LogP contribution is -2.30. The molecule has 0 aliphatic carbocycles. The van der Waals surface area contributed by atoms with E-state index in [1.807, 2.05) is 6.92 Å². The Labute approximate surface area is 195 Å². The van der Waals surface area contributed by atoms with Crippen LogP contribution in [0.2, 0.25) is 0 Å². The van der Waals surface area contributed by atoms with Gasteiger partial charge in [-0.3, -0.25) is 18.6 Å². The van der Waals surface area contributed by atoms with E-state index in [1.165, 1.54) is 36.1 Å². The van der Waals surface area contributed by atoms with E-state index in [9.17, 15) is 18.0 Å². The van der Waals surface area contributed by atoms with Crippen LogP contribution in [-0.4, -0.2) is 41.4 Å². The number of hydrogen-bond acceptors (Lipinski definition) is 6. The largest absolute Gasteiger partial charge is 0.322 e. The highest BCUT2D eigenvalue weighted by molar-refractivity contribution is 7.92. The van der Waals surface area contributed by atoms with Crippen molar-refractivity contribution in [3.8, 4) is 11.3 Å². The number of sulfonamides is 1. The molecule has 174 valence electrons.